The molecule has 3 nitrogen and oxygen atoms in total. The quantitative estimate of drug-likeness (QED) is 0.622. The number of rotatable bonds is 3. The molecule has 0 saturated heterocycles. The topological polar surface area (TPSA) is 39.2 Å². The summed E-state index contributed by atoms with van der Waals surface area (Å²) in [7, 11) is 0. The minimum atomic E-state index is -0.295. The molecule has 3 aromatic rings. The fraction of sp³-hybridized carbons (Fsp3) is 0.125. The zero-order chi connectivity index (χ0) is 14.8. The van der Waals surface area contributed by atoms with Gasteiger partial charge >= 0.3 is 5.97 Å². The normalized spacial score (nSPS) is 10.8. The van der Waals surface area contributed by atoms with E-state index in [0.717, 1.165) is 25.3 Å². The largest absolute Gasteiger partial charge is 0.462 e. The second-order valence-corrected chi connectivity index (χ2v) is 6.38. The van der Waals surface area contributed by atoms with E-state index in [0.29, 0.717) is 12.2 Å². The lowest BCUT2D eigenvalue weighted by Gasteiger charge is -2.00. The van der Waals surface area contributed by atoms with E-state index >= 15 is 0 Å². The molecule has 0 aliphatic heterocycles. The molecule has 3 rings (SSSR count). The van der Waals surface area contributed by atoms with Gasteiger partial charge in [0.1, 0.15) is 5.01 Å². The van der Waals surface area contributed by atoms with Gasteiger partial charge in [-0.1, -0.05) is 28.1 Å². The minimum absolute atomic E-state index is 0.295. The van der Waals surface area contributed by atoms with E-state index in [1.165, 1.54) is 0 Å². The van der Waals surface area contributed by atoms with E-state index in [9.17, 15) is 4.79 Å². The molecular formula is C16H12BrNO2S. The third kappa shape index (κ3) is 2.99. The van der Waals surface area contributed by atoms with E-state index in [2.05, 4.69) is 20.9 Å². The predicted molar refractivity (Wildman–Crippen MR) is 88.7 cm³/mol. The van der Waals surface area contributed by atoms with Crippen LogP contribution in [0.2, 0.25) is 0 Å². The van der Waals surface area contributed by atoms with Gasteiger partial charge in [0.15, 0.2) is 0 Å². The van der Waals surface area contributed by atoms with Crippen molar-refractivity contribution >= 4 is 43.5 Å². The second kappa shape index (κ2) is 5.95. The lowest BCUT2D eigenvalue weighted by Crippen LogP contribution is -2.03. The van der Waals surface area contributed by atoms with Crippen molar-refractivity contribution in [2.75, 3.05) is 6.61 Å². The van der Waals surface area contributed by atoms with Crippen molar-refractivity contribution in [2.45, 2.75) is 6.92 Å². The van der Waals surface area contributed by atoms with Crippen LogP contribution in [0.1, 0.15) is 17.3 Å². The van der Waals surface area contributed by atoms with E-state index in [1.807, 2.05) is 36.4 Å². The average Bonchev–Trinajstić information content (AvgIpc) is 2.90. The molecule has 0 fully saturated rings. The fourth-order valence-electron chi connectivity index (χ4n) is 2.01. The predicted octanol–water partition coefficient (Wildman–Crippen LogP) is 4.90. The van der Waals surface area contributed by atoms with Crippen LogP contribution in [-0.4, -0.2) is 17.6 Å². The van der Waals surface area contributed by atoms with Gasteiger partial charge in [-0.3, -0.25) is 0 Å². The van der Waals surface area contributed by atoms with Crippen LogP contribution in [0.5, 0.6) is 0 Å². The Morgan fingerprint density at radius 3 is 2.90 bits per heavy atom. The number of benzene rings is 2. The molecule has 0 N–H and O–H groups in total. The van der Waals surface area contributed by atoms with Crippen molar-refractivity contribution in [1.82, 2.24) is 4.98 Å². The van der Waals surface area contributed by atoms with E-state index in [-0.39, 0.29) is 5.97 Å². The Kier molecular flexibility index (Phi) is 4.03. The first kappa shape index (κ1) is 14.2. The number of fused-ring (bicyclic) bond motifs is 1. The maximum absolute atomic E-state index is 11.8. The van der Waals surface area contributed by atoms with Gasteiger partial charge in [0.25, 0.3) is 0 Å². The highest BCUT2D eigenvalue weighted by atomic mass is 79.9. The second-order valence-electron chi connectivity index (χ2n) is 4.43. The number of aromatic nitrogens is 1. The zero-order valence-electron chi connectivity index (χ0n) is 11.3. The average molecular weight is 362 g/mol. The van der Waals surface area contributed by atoms with Crippen molar-refractivity contribution in [3.8, 4) is 10.6 Å². The Morgan fingerprint density at radius 2 is 2.14 bits per heavy atom. The lowest BCUT2D eigenvalue weighted by molar-refractivity contribution is 0.0526. The van der Waals surface area contributed by atoms with Crippen molar-refractivity contribution in [3.63, 3.8) is 0 Å². The molecule has 0 bridgehead atoms. The molecule has 1 heterocycles. The summed E-state index contributed by atoms with van der Waals surface area (Å²) < 4.78 is 7.02. The summed E-state index contributed by atoms with van der Waals surface area (Å²) in [5.74, 6) is -0.295. The molecule has 21 heavy (non-hydrogen) atoms. The number of hydrogen-bond donors (Lipinski definition) is 0. The Bertz CT molecular complexity index is 813. The number of ether oxygens (including phenoxy) is 1. The highest BCUT2D eigenvalue weighted by Gasteiger charge is 2.11. The number of thiazole rings is 1. The van der Waals surface area contributed by atoms with Gasteiger partial charge in [-0.15, -0.1) is 11.3 Å². The van der Waals surface area contributed by atoms with Gasteiger partial charge in [0, 0.05) is 10.0 Å². The van der Waals surface area contributed by atoms with Gasteiger partial charge < -0.3 is 4.74 Å². The van der Waals surface area contributed by atoms with Crippen LogP contribution in [0.4, 0.5) is 0 Å². The summed E-state index contributed by atoms with van der Waals surface area (Å²) in [6, 6.07) is 13.5. The molecule has 0 unspecified atom stereocenters. The standard InChI is InChI=1S/C16H12BrNO2S/c1-2-20-16(19)11-6-7-13-14(9-11)21-15(18-13)10-4-3-5-12(17)8-10/h3-9H,2H2,1H3. The summed E-state index contributed by atoms with van der Waals surface area (Å²) in [6.45, 7) is 2.18. The lowest BCUT2D eigenvalue weighted by atomic mass is 10.2. The Hall–Kier alpha value is -1.72. The molecule has 1 aromatic heterocycles. The van der Waals surface area contributed by atoms with E-state index in [4.69, 9.17) is 4.74 Å². The van der Waals surface area contributed by atoms with Crippen molar-refractivity contribution < 1.29 is 9.53 Å². The van der Waals surface area contributed by atoms with Crippen LogP contribution >= 0.6 is 27.3 Å². The van der Waals surface area contributed by atoms with Gasteiger partial charge in [0.2, 0.25) is 0 Å². The maximum Gasteiger partial charge on any atom is 0.338 e. The summed E-state index contributed by atoms with van der Waals surface area (Å²) in [5, 5.41) is 0.937. The van der Waals surface area contributed by atoms with Crippen LogP contribution in [0.25, 0.3) is 20.8 Å². The Balaban J connectivity index is 2.02. The molecule has 0 spiro atoms. The SMILES string of the molecule is CCOC(=O)c1ccc2nc(-c3cccc(Br)c3)sc2c1. The fourth-order valence-corrected chi connectivity index (χ4v) is 3.41. The number of nitrogens with zero attached hydrogens (tertiary/aromatic N) is 1. The molecule has 0 amide bonds. The van der Waals surface area contributed by atoms with Gasteiger partial charge in [0.05, 0.1) is 22.4 Å². The summed E-state index contributed by atoms with van der Waals surface area (Å²) >= 11 is 5.04. The highest BCUT2D eigenvalue weighted by molar-refractivity contribution is 9.10. The first-order chi connectivity index (χ1) is 10.2. The molecule has 0 aliphatic carbocycles. The van der Waals surface area contributed by atoms with Crippen molar-refractivity contribution in [3.05, 3.63) is 52.5 Å². The molecule has 0 saturated carbocycles. The first-order valence-electron chi connectivity index (χ1n) is 6.51. The number of carbonyl (C=O) groups is 1. The third-order valence-electron chi connectivity index (χ3n) is 2.97. The molecule has 2 aromatic carbocycles. The monoisotopic (exact) mass is 361 g/mol. The van der Waals surface area contributed by atoms with E-state index < -0.39 is 0 Å². The van der Waals surface area contributed by atoms with Gasteiger partial charge in [-0.25, -0.2) is 9.78 Å². The van der Waals surface area contributed by atoms with E-state index in [1.54, 1.807) is 24.3 Å². The molecule has 0 aliphatic rings. The summed E-state index contributed by atoms with van der Waals surface area (Å²) in [5.41, 5.74) is 2.51. The number of halogens is 1. The maximum atomic E-state index is 11.8. The number of carbonyl (C=O) groups excluding carboxylic acids is 1. The van der Waals surface area contributed by atoms with Crippen molar-refractivity contribution in [1.29, 1.82) is 0 Å². The highest BCUT2D eigenvalue weighted by Crippen LogP contribution is 2.32. The third-order valence-corrected chi connectivity index (χ3v) is 4.53. The molecule has 0 radical (unpaired) electrons. The Labute approximate surface area is 134 Å². The molecule has 106 valence electrons. The molecule has 5 heteroatoms. The van der Waals surface area contributed by atoms with Crippen molar-refractivity contribution in [2.24, 2.45) is 0 Å². The van der Waals surface area contributed by atoms with Gasteiger partial charge in [-0.05, 0) is 37.3 Å². The number of esters is 1. The summed E-state index contributed by atoms with van der Waals surface area (Å²) in [4.78, 5) is 16.4. The van der Waals surface area contributed by atoms with Crippen LogP contribution in [0.3, 0.4) is 0 Å². The van der Waals surface area contributed by atoms with Crippen LogP contribution in [0.15, 0.2) is 46.9 Å². The Morgan fingerprint density at radius 1 is 1.29 bits per heavy atom. The first-order valence-corrected chi connectivity index (χ1v) is 8.12. The zero-order valence-corrected chi connectivity index (χ0v) is 13.7. The van der Waals surface area contributed by atoms with Crippen LogP contribution in [0, 0.1) is 0 Å². The minimum Gasteiger partial charge on any atom is -0.462 e. The van der Waals surface area contributed by atoms with Gasteiger partial charge in [-0.2, -0.15) is 0 Å². The summed E-state index contributed by atoms with van der Waals surface area (Å²) in [6.07, 6.45) is 0. The smallest absolute Gasteiger partial charge is 0.338 e. The number of hydrogen-bond acceptors (Lipinski definition) is 4. The van der Waals surface area contributed by atoms with Crippen LogP contribution in [-0.2, 0) is 4.74 Å². The van der Waals surface area contributed by atoms with Crippen LogP contribution < -0.4 is 0 Å². The molecule has 0 atom stereocenters. The molecular weight excluding hydrogens is 350 g/mol.